The van der Waals surface area contributed by atoms with Gasteiger partial charge < -0.3 is 15.3 Å². The first-order valence-corrected chi connectivity index (χ1v) is 9.70. The van der Waals surface area contributed by atoms with Gasteiger partial charge in [-0.1, -0.05) is 18.2 Å². The average molecular weight is 352 g/mol. The zero-order chi connectivity index (χ0) is 18.3. The molecule has 0 spiro atoms. The predicted octanol–water partition coefficient (Wildman–Crippen LogP) is 3.79. The highest BCUT2D eigenvalue weighted by molar-refractivity contribution is 5.52. The van der Waals surface area contributed by atoms with Crippen LogP contribution in [0.15, 0.2) is 24.3 Å². The van der Waals surface area contributed by atoms with E-state index in [0.29, 0.717) is 12.0 Å². The molecule has 1 saturated carbocycles. The van der Waals surface area contributed by atoms with Crippen LogP contribution in [0.25, 0.3) is 0 Å². The standard InChI is InChI=1S/C21H28N4O/c1-13(2)22-19-11-20(24-21(23-19)15-4-5-15)25-9-8-17-10-16(14(3)26)6-7-18(17)12-25/h6-7,10-11,13-15,26H,4-5,8-9,12H2,1-3H3,(H,22,23,24)/t14-/m0/s1. The van der Waals surface area contributed by atoms with Crippen LogP contribution in [0.2, 0.25) is 0 Å². The lowest BCUT2D eigenvalue weighted by molar-refractivity contribution is 0.199. The number of hydrogen-bond donors (Lipinski definition) is 2. The van der Waals surface area contributed by atoms with Crippen molar-refractivity contribution in [2.75, 3.05) is 16.8 Å². The first kappa shape index (κ1) is 17.3. The highest BCUT2D eigenvalue weighted by atomic mass is 16.3. The Morgan fingerprint density at radius 1 is 1.12 bits per heavy atom. The van der Waals surface area contributed by atoms with Crippen LogP contribution in [0.3, 0.4) is 0 Å². The molecule has 2 aromatic rings. The second kappa shape index (κ2) is 6.88. The van der Waals surface area contributed by atoms with Crippen molar-refractivity contribution in [1.82, 2.24) is 9.97 Å². The summed E-state index contributed by atoms with van der Waals surface area (Å²) in [6.45, 7) is 7.89. The molecular weight excluding hydrogens is 324 g/mol. The molecule has 1 atom stereocenters. The van der Waals surface area contributed by atoms with Crippen LogP contribution in [0.5, 0.6) is 0 Å². The van der Waals surface area contributed by atoms with Crippen LogP contribution >= 0.6 is 0 Å². The van der Waals surface area contributed by atoms with Gasteiger partial charge in [-0.15, -0.1) is 0 Å². The lowest BCUT2D eigenvalue weighted by Crippen LogP contribution is -2.31. The summed E-state index contributed by atoms with van der Waals surface area (Å²) in [4.78, 5) is 12.0. The molecule has 5 nitrogen and oxygen atoms in total. The number of anilines is 2. The lowest BCUT2D eigenvalue weighted by Gasteiger charge is -2.31. The normalized spacial score (nSPS) is 18.0. The van der Waals surface area contributed by atoms with E-state index in [1.54, 1.807) is 0 Å². The number of benzene rings is 1. The Kier molecular flexibility index (Phi) is 4.57. The minimum atomic E-state index is -0.411. The third-order valence-corrected chi connectivity index (χ3v) is 5.16. The van der Waals surface area contributed by atoms with Gasteiger partial charge in [0.2, 0.25) is 0 Å². The SMILES string of the molecule is CC(C)Nc1cc(N2CCc3cc([C@H](C)O)ccc3C2)nc(C2CC2)n1. The maximum Gasteiger partial charge on any atom is 0.136 e. The van der Waals surface area contributed by atoms with Crippen LogP contribution in [0, 0.1) is 0 Å². The summed E-state index contributed by atoms with van der Waals surface area (Å²) in [5.74, 6) is 3.48. The van der Waals surface area contributed by atoms with Crippen molar-refractivity contribution < 1.29 is 5.11 Å². The predicted molar refractivity (Wildman–Crippen MR) is 105 cm³/mol. The molecule has 0 bridgehead atoms. The van der Waals surface area contributed by atoms with Crippen LogP contribution in [0.4, 0.5) is 11.6 Å². The summed E-state index contributed by atoms with van der Waals surface area (Å²) in [5.41, 5.74) is 3.67. The number of hydrogen-bond acceptors (Lipinski definition) is 5. The number of nitrogens with one attached hydrogen (secondary N) is 1. The molecule has 1 fully saturated rings. The number of aromatic nitrogens is 2. The van der Waals surface area contributed by atoms with Crippen molar-refractivity contribution in [1.29, 1.82) is 0 Å². The number of rotatable bonds is 5. The fourth-order valence-corrected chi connectivity index (χ4v) is 3.54. The molecule has 1 aliphatic carbocycles. The molecule has 2 heterocycles. The minimum absolute atomic E-state index is 0.353. The Labute approximate surface area is 155 Å². The molecule has 26 heavy (non-hydrogen) atoms. The van der Waals surface area contributed by atoms with Crippen molar-refractivity contribution in [2.24, 2.45) is 0 Å². The van der Waals surface area contributed by atoms with Gasteiger partial charge in [-0.2, -0.15) is 0 Å². The molecule has 2 aliphatic rings. The summed E-state index contributed by atoms with van der Waals surface area (Å²) in [5, 5.41) is 13.3. The van der Waals surface area contributed by atoms with Crippen molar-refractivity contribution in [3.8, 4) is 0 Å². The van der Waals surface area contributed by atoms with E-state index in [2.05, 4.69) is 42.3 Å². The number of aliphatic hydroxyl groups is 1. The third-order valence-electron chi connectivity index (χ3n) is 5.16. The summed E-state index contributed by atoms with van der Waals surface area (Å²) >= 11 is 0. The molecule has 5 heteroatoms. The van der Waals surface area contributed by atoms with Crippen molar-refractivity contribution in [3.63, 3.8) is 0 Å². The monoisotopic (exact) mass is 352 g/mol. The molecule has 0 radical (unpaired) electrons. The van der Waals surface area contributed by atoms with Crippen LogP contribution < -0.4 is 10.2 Å². The first-order valence-electron chi connectivity index (χ1n) is 9.70. The fraction of sp³-hybridized carbons (Fsp3) is 0.524. The molecule has 0 saturated heterocycles. The maximum atomic E-state index is 9.81. The molecule has 138 valence electrons. The number of aliphatic hydroxyl groups excluding tert-OH is 1. The van der Waals surface area contributed by atoms with Crippen molar-refractivity contribution >= 4 is 11.6 Å². The number of fused-ring (bicyclic) bond motifs is 1. The molecule has 2 N–H and O–H groups in total. The highest BCUT2D eigenvalue weighted by Gasteiger charge is 2.28. The first-order chi connectivity index (χ1) is 12.5. The van der Waals surface area contributed by atoms with Gasteiger partial charge in [-0.05, 0) is 56.7 Å². The Balaban J connectivity index is 1.60. The molecule has 1 aromatic carbocycles. The van der Waals surface area contributed by atoms with E-state index in [9.17, 15) is 5.11 Å². The second-order valence-electron chi connectivity index (χ2n) is 7.92. The van der Waals surface area contributed by atoms with Crippen molar-refractivity contribution in [3.05, 3.63) is 46.8 Å². The van der Waals surface area contributed by atoms with E-state index < -0.39 is 6.10 Å². The average Bonchev–Trinajstić information content (AvgIpc) is 3.45. The van der Waals surface area contributed by atoms with Gasteiger partial charge in [0.05, 0.1) is 6.10 Å². The molecule has 1 aromatic heterocycles. The lowest BCUT2D eigenvalue weighted by atomic mass is 9.96. The highest BCUT2D eigenvalue weighted by Crippen LogP contribution is 2.39. The summed E-state index contributed by atoms with van der Waals surface area (Å²) in [6, 6.07) is 8.78. The van der Waals surface area contributed by atoms with Gasteiger partial charge in [0.25, 0.3) is 0 Å². The van der Waals surface area contributed by atoms with E-state index in [0.717, 1.165) is 42.5 Å². The maximum absolute atomic E-state index is 9.81. The van der Waals surface area contributed by atoms with E-state index in [1.165, 1.54) is 24.0 Å². The molecule has 1 aliphatic heterocycles. The largest absolute Gasteiger partial charge is 0.389 e. The Morgan fingerprint density at radius 3 is 2.62 bits per heavy atom. The fourth-order valence-electron chi connectivity index (χ4n) is 3.54. The Hall–Kier alpha value is -2.14. The van der Waals surface area contributed by atoms with Gasteiger partial charge in [-0.25, -0.2) is 9.97 Å². The molecular formula is C21H28N4O. The summed E-state index contributed by atoms with van der Waals surface area (Å²) < 4.78 is 0. The zero-order valence-corrected chi connectivity index (χ0v) is 15.9. The van der Waals surface area contributed by atoms with Crippen molar-refractivity contribution in [2.45, 2.75) is 64.6 Å². The van der Waals surface area contributed by atoms with E-state index in [1.807, 2.05) is 13.0 Å². The topological polar surface area (TPSA) is 61.3 Å². The quantitative estimate of drug-likeness (QED) is 0.857. The van der Waals surface area contributed by atoms with Gasteiger partial charge in [0.1, 0.15) is 17.5 Å². The zero-order valence-electron chi connectivity index (χ0n) is 15.9. The van der Waals surface area contributed by atoms with Gasteiger partial charge >= 0.3 is 0 Å². The second-order valence-corrected chi connectivity index (χ2v) is 7.92. The van der Waals surface area contributed by atoms with E-state index in [4.69, 9.17) is 9.97 Å². The number of nitrogens with zero attached hydrogens (tertiary/aromatic N) is 3. The van der Waals surface area contributed by atoms with Crippen LogP contribution in [-0.2, 0) is 13.0 Å². The van der Waals surface area contributed by atoms with Crippen LogP contribution in [0.1, 0.15) is 68.1 Å². The summed E-state index contributed by atoms with van der Waals surface area (Å²) in [6.07, 6.45) is 2.97. The third kappa shape index (κ3) is 3.68. The Morgan fingerprint density at radius 2 is 1.92 bits per heavy atom. The van der Waals surface area contributed by atoms with Gasteiger partial charge in [-0.3, -0.25) is 0 Å². The van der Waals surface area contributed by atoms with Gasteiger partial charge in [0, 0.05) is 31.1 Å². The molecule has 4 rings (SSSR count). The molecule has 0 unspecified atom stereocenters. The van der Waals surface area contributed by atoms with Gasteiger partial charge in [0.15, 0.2) is 0 Å². The smallest absolute Gasteiger partial charge is 0.136 e. The Bertz CT molecular complexity index is 799. The van der Waals surface area contributed by atoms with Crippen LogP contribution in [-0.4, -0.2) is 27.7 Å². The molecule has 0 amide bonds. The van der Waals surface area contributed by atoms with E-state index >= 15 is 0 Å². The van der Waals surface area contributed by atoms with E-state index in [-0.39, 0.29) is 0 Å². The minimum Gasteiger partial charge on any atom is -0.389 e. The summed E-state index contributed by atoms with van der Waals surface area (Å²) in [7, 11) is 0.